The summed E-state index contributed by atoms with van der Waals surface area (Å²) in [6.45, 7) is 0.739. The monoisotopic (exact) mass is 319 g/mol. The molecular weight excluding hydrogens is 302 g/mol. The van der Waals surface area contributed by atoms with E-state index in [0.29, 0.717) is 10.8 Å². The molecule has 1 N–H and O–H groups in total. The maximum absolute atomic E-state index is 12.5. The lowest BCUT2D eigenvalue weighted by atomic mass is 9.99. The maximum atomic E-state index is 12.5. The van der Waals surface area contributed by atoms with Crippen molar-refractivity contribution in [3.8, 4) is 5.75 Å². The summed E-state index contributed by atoms with van der Waals surface area (Å²) in [5.41, 5.74) is 0.978. The average molecular weight is 320 g/mol. The second-order valence-electron chi connectivity index (χ2n) is 5.33. The zero-order chi connectivity index (χ0) is 15.4. The third-order valence-electron chi connectivity index (χ3n) is 3.89. The van der Waals surface area contributed by atoms with Gasteiger partial charge in [0.15, 0.2) is 6.61 Å². The fraction of sp³-hybridized carbons (Fsp3) is 0.375. The van der Waals surface area contributed by atoms with Crippen molar-refractivity contribution in [1.29, 1.82) is 0 Å². The SMILES string of the molecule is O=C(COc1ccccc1Cl)N1CCCC[C@@H]1c1ccn[nH]1. The first-order valence-electron chi connectivity index (χ1n) is 7.42. The van der Waals surface area contributed by atoms with Crippen LogP contribution in [0.3, 0.4) is 0 Å². The summed E-state index contributed by atoms with van der Waals surface area (Å²) in [6.07, 6.45) is 4.79. The minimum absolute atomic E-state index is 0.00558. The van der Waals surface area contributed by atoms with Gasteiger partial charge in [0.25, 0.3) is 5.91 Å². The Bertz CT molecular complexity index is 630. The van der Waals surface area contributed by atoms with Crippen molar-refractivity contribution in [3.05, 3.63) is 47.2 Å². The second kappa shape index (κ2) is 6.83. The summed E-state index contributed by atoms with van der Waals surface area (Å²) in [5, 5.41) is 7.47. The number of aromatic amines is 1. The second-order valence-corrected chi connectivity index (χ2v) is 5.74. The number of likely N-dealkylation sites (tertiary alicyclic amines) is 1. The molecule has 2 heterocycles. The Kier molecular flexibility index (Phi) is 4.63. The molecule has 1 aromatic carbocycles. The van der Waals surface area contributed by atoms with Crippen molar-refractivity contribution < 1.29 is 9.53 Å². The molecule has 0 bridgehead atoms. The zero-order valence-corrected chi connectivity index (χ0v) is 12.9. The van der Waals surface area contributed by atoms with Gasteiger partial charge < -0.3 is 9.64 Å². The summed E-state index contributed by atoms with van der Waals surface area (Å²) in [7, 11) is 0. The number of carbonyl (C=O) groups excluding carboxylic acids is 1. The molecule has 0 radical (unpaired) electrons. The summed E-state index contributed by atoms with van der Waals surface area (Å²) in [6, 6.07) is 9.15. The van der Waals surface area contributed by atoms with Crippen LogP contribution in [0, 0.1) is 0 Å². The number of nitrogens with one attached hydrogen (secondary N) is 1. The van der Waals surface area contributed by atoms with E-state index in [-0.39, 0.29) is 18.6 Å². The number of hydrogen-bond acceptors (Lipinski definition) is 3. The Morgan fingerprint density at radius 3 is 3.00 bits per heavy atom. The Hall–Kier alpha value is -2.01. The molecule has 5 nitrogen and oxygen atoms in total. The standard InChI is InChI=1S/C16H18ClN3O2/c17-12-5-1-2-7-15(12)22-11-16(21)20-10-4-3-6-14(20)13-8-9-18-19-13/h1-2,5,7-9,14H,3-4,6,10-11H2,(H,18,19)/t14-/m1/s1. The molecule has 116 valence electrons. The highest BCUT2D eigenvalue weighted by Gasteiger charge is 2.29. The first-order chi connectivity index (χ1) is 10.8. The topological polar surface area (TPSA) is 58.2 Å². The van der Waals surface area contributed by atoms with Crippen LogP contribution in [0.15, 0.2) is 36.5 Å². The fourth-order valence-corrected chi connectivity index (χ4v) is 2.98. The number of rotatable bonds is 4. The van der Waals surface area contributed by atoms with E-state index >= 15 is 0 Å². The van der Waals surface area contributed by atoms with Gasteiger partial charge in [-0.15, -0.1) is 0 Å². The zero-order valence-electron chi connectivity index (χ0n) is 12.2. The molecule has 1 aliphatic heterocycles. The van der Waals surface area contributed by atoms with Gasteiger partial charge in [-0.05, 0) is 37.5 Å². The van der Waals surface area contributed by atoms with Gasteiger partial charge in [-0.3, -0.25) is 9.89 Å². The molecule has 1 aromatic heterocycles. The van der Waals surface area contributed by atoms with E-state index in [2.05, 4.69) is 10.2 Å². The predicted octanol–water partition coefficient (Wildman–Crippen LogP) is 3.20. The van der Waals surface area contributed by atoms with E-state index in [1.165, 1.54) is 0 Å². The first-order valence-corrected chi connectivity index (χ1v) is 7.79. The molecule has 1 aliphatic rings. The molecule has 22 heavy (non-hydrogen) atoms. The number of halogens is 1. The summed E-state index contributed by atoms with van der Waals surface area (Å²) in [4.78, 5) is 14.4. The van der Waals surface area contributed by atoms with Gasteiger partial charge in [0.2, 0.25) is 0 Å². The highest BCUT2D eigenvalue weighted by Crippen LogP contribution is 2.30. The molecule has 1 amide bonds. The first kappa shape index (κ1) is 14.9. The Morgan fingerprint density at radius 1 is 1.36 bits per heavy atom. The van der Waals surface area contributed by atoms with Gasteiger partial charge in [0.05, 0.1) is 16.8 Å². The minimum atomic E-state index is -0.0285. The lowest BCUT2D eigenvalue weighted by molar-refractivity contribution is -0.137. The molecule has 6 heteroatoms. The van der Waals surface area contributed by atoms with Crippen LogP contribution in [-0.4, -0.2) is 34.2 Å². The van der Waals surface area contributed by atoms with E-state index in [4.69, 9.17) is 16.3 Å². The summed E-state index contributed by atoms with van der Waals surface area (Å²) in [5.74, 6) is 0.506. The molecular formula is C16H18ClN3O2. The van der Waals surface area contributed by atoms with Crippen LogP contribution in [0.25, 0.3) is 0 Å². The fourth-order valence-electron chi connectivity index (χ4n) is 2.79. The van der Waals surface area contributed by atoms with Gasteiger partial charge >= 0.3 is 0 Å². The van der Waals surface area contributed by atoms with Gasteiger partial charge in [-0.2, -0.15) is 5.10 Å². The molecule has 0 saturated carbocycles. The minimum Gasteiger partial charge on any atom is -0.482 e. The van der Waals surface area contributed by atoms with Gasteiger partial charge in [0, 0.05) is 12.7 Å². The lowest BCUT2D eigenvalue weighted by Crippen LogP contribution is -2.41. The maximum Gasteiger partial charge on any atom is 0.261 e. The number of benzene rings is 1. The number of carbonyl (C=O) groups is 1. The van der Waals surface area contributed by atoms with E-state index in [9.17, 15) is 4.79 Å². The van der Waals surface area contributed by atoms with Crippen molar-refractivity contribution >= 4 is 17.5 Å². The Morgan fingerprint density at radius 2 is 2.23 bits per heavy atom. The number of nitrogens with zero attached hydrogens (tertiary/aromatic N) is 2. The van der Waals surface area contributed by atoms with Crippen LogP contribution < -0.4 is 4.74 Å². The van der Waals surface area contributed by atoms with Crippen molar-refractivity contribution in [2.45, 2.75) is 25.3 Å². The Labute approximate surface area is 134 Å². The third kappa shape index (κ3) is 3.25. The van der Waals surface area contributed by atoms with Crippen LogP contribution in [-0.2, 0) is 4.79 Å². The van der Waals surface area contributed by atoms with Gasteiger partial charge in [0.1, 0.15) is 5.75 Å². The third-order valence-corrected chi connectivity index (χ3v) is 4.20. The number of hydrogen-bond donors (Lipinski definition) is 1. The smallest absolute Gasteiger partial charge is 0.261 e. The van der Waals surface area contributed by atoms with E-state index < -0.39 is 0 Å². The van der Waals surface area contributed by atoms with Gasteiger partial charge in [-0.25, -0.2) is 0 Å². The molecule has 0 spiro atoms. The number of aromatic nitrogens is 2. The molecule has 1 atom stereocenters. The van der Waals surface area contributed by atoms with Crippen LogP contribution >= 0.6 is 11.6 Å². The number of piperidine rings is 1. The molecule has 3 rings (SSSR count). The van der Waals surface area contributed by atoms with Gasteiger partial charge in [-0.1, -0.05) is 23.7 Å². The number of ether oxygens (including phenoxy) is 1. The van der Waals surface area contributed by atoms with Crippen LogP contribution in [0.4, 0.5) is 0 Å². The van der Waals surface area contributed by atoms with Crippen LogP contribution in [0.5, 0.6) is 5.75 Å². The lowest BCUT2D eigenvalue weighted by Gasteiger charge is -2.35. The van der Waals surface area contributed by atoms with E-state index in [1.807, 2.05) is 23.1 Å². The highest BCUT2D eigenvalue weighted by atomic mass is 35.5. The Balaban J connectivity index is 1.66. The van der Waals surface area contributed by atoms with Crippen molar-refractivity contribution in [3.63, 3.8) is 0 Å². The van der Waals surface area contributed by atoms with Crippen LogP contribution in [0.1, 0.15) is 31.0 Å². The van der Waals surface area contributed by atoms with Crippen molar-refractivity contribution in [1.82, 2.24) is 15.1 Å². The molecule has 1 saturated heterocycles. The summed E-state index contributed by atoms with van der Waals surface area (Å²) >= 11 is 6.04. The average Bonchev–Trinajstić information content (AvgIpc) is 3.08. The number of para-hydroxylation sites is 1. The van der Waals surface area contributed by atoms with Crippen LogP contribution in [0.2, 0.25) is 5.02 Å². The van der Waals surface area contributed by atoms with Crippen molar-refractivity contribution in [2.24, 2.45) is 0 Å². The van der Waals surface area contributed by atoms with E-state index in [0.717, 1.165) is 31.5 Å². The normalized spacial score (nSPS) is 18.2. The van der Waals surface area contributed by atoms with Crippen molar-refractivity contribution in [2.75, 3.05) is 13.2 Å². The molecule has 2 aromatic rings. The quantitative estimate of drug-likeness (QED) is 0.941. The number of amides is 1. The predicted molar refractivity (Wildman–Crippen MR) is 83.8 cm³/mol. The molecule has 0 aliphatic carbocycles. The largest absolute Gasteiger partial charge is 0.482 e. The molecule has 0 unspecified atom stereocenters. The van der Waals surface area contributed by atoms with E-state index in [1.54, 1.807) is 18.3 Å². The summed E-state index contributed by atoms with van der Waals surface area (Å²) < 4.78 is 5.57. The highest BCUT2D eigenvalue weighted by molar-refractivity contribution is 6.32. The molecule has 1 fully saturated rings. The number of H-pyrrole nitrogens is 1.